The Balaban J connectivity index is 1.66. The highest BCUT2D eigenvalue weighted by Crippen LogP contribution is 2.25. The SMILES string of the molecule is CC[C@@H]1CC(OC(=O)c2ccc(-c3ccccc3)cc2)[C@H](O)O1. The van der Waals surface area contributed by atoms with Crippen LogP contribution in [-0.2, 0) is 9.47 Å². The predicted molar refractivity (Wildman–Crippen MR) is 86.9 cm³/mol. The van der Waals surface area contributed by atoms with E-state index in [1.54, 1.807) is 12.1 Å². The van der Waals surface area contributed by atoms with Crippen molar-refractivity contribution in [2.75, 3.05) is 0 Å². The minimum atomic E-state index is -1.03. The molecule has 120 valence electrons. The fraction of sp³-hybridized carbons (Fsp3) is 0.316. The first kappa shape index (κ1) is 15.7. The largest absolute Gasteiger partial charge is 0.453 e. The van der Waals surface area contributed by atoms with Gasteiger partial charge in [0, 0.05) is 6.42 Å². The highest BCUT2D eigenvalue weighted by Gasteiger charge is 2.35. The quantitative estimate of drug-likeness (QED) is 0.879. The molecule has 3 rings (SSSR count). The lowest BCUT2D eigenvalue weighted by Crippen LogP contribution is -2.26. The van der Waals surface area contributed by atoms with Gasteiger partial charge >= 0.3 is 5.97 Å². The van der Waals surface area contributed by atoms with Crippen molar-refractivity contribution in [1.82, 2.24) is 0 Å². The number of carbonyl (C=O) groups excluding carboxylic acids is 1. The Labute approximate surface area is 135 Å². The van der Waals surface area contributed by atoms with Crippen molar-refractivity contribution in [3.8, 4) is 11.1 Å². The van der Waals surface area contributed by atoms with Crippen molar-refractivity contribution in [2.45, 2.75) is 38.3 Å². The van der Waals surface area contributed by atoms with E-state index in [0.29, 0.717) is 12.0 Å². The van der Waals surface area contributed by atoms with Crippen LogP contribution in [0.4, 0.5) is 0 Å². The van der Waals surface area contributed by atoms with Crippen LogP contribution in [0.1, 0.15) is 30.1 Å². The molecule has 0 bridgehead atoms. The second-order valence-electron chi connectivity index (χ2n) is 5.68. The first-order valence-electron chi connectivity index (χ1n) is 7.87. The molecule has 2 aromatic carbocycles. The zero-order chi connectivity index (χ0) is 16.2. The molecule has 1 aliphatic heterocycles. The first-order valence-corrected chi connectivity index (χ1v) is 7.87. The van der Waals surface area contributed by atoms with Crippen molar-refractivity contribution in [3.05, 3.63) is 60.2 Å². The third kappa shape index (κ3) is 3.60. The first-order chi connectivity index (χ1) is 11.2. The highest BCUT2D eigenvalue weighted by atomic mass is 16.7. The number of ether oxygens (including phenoxy) is 2. The van der Waals surface area contributed by atoms with Gasteiger partial charge in [-0.2, -0.15) is 0 Å². The Hall–Kier alpha value is -2.17. The summed E-state index contributed by atoms with van der Waals surface area (Å²) in [5.41, 5.74) is 2.60. The van der Waals surface area contributed by atoms with Gasteiger partial charge in [-0.1, -0.05) is 49.4 Å². The lowest BCUT2D eigenvalue weighted by molar-refractivity contribution is -0.129. The molecule has 2 aromatic rings. The van der Waals surface area contributed by atoms with E-state index < -0.39 is 18.4 Å². The highest BCUT2D eigenvalue weighted by molar-refractivity contribution is 5.90. The molecule has 1 N–H and O–H groups in total. The molecule has 1 aliphatic rings. The Bertz CT molecular complexity index is 651. The molecule has 1 heterocycles. The average Bonchev–Trinajstić information content (AvgIpc) is 2.96. The van der Waals surface area contributed by atoms with E-state index in [1.807, 2.05) is 49.4 Å². The zero-order valence-corrected chi connectivity index (χ0v) is 13.0. The second-order valence-corrected chi connectivity index (χ2v) is 5.68. The summed E-state index contributed by atoms with van der Waals surface area (Å²) >= 11 is 0. The summed E-state index contributed by atoms with van der Waals surface area (Å²) in [5.74, 6) is -0.436. The van der Waals surface area contributed by atoms with E-state index in [1.165, 1.54) is 0 Å². The van der Waals surface area contributed by atoms with Gasteiger partial charge in [-0.3, -0.25) is 0 Å². The van der Waals surface area contributed by atoms with Gasteiger partial charge in [0.25, 0.3) is 0 Å². The summed E-state index contributed by atoms with van der Waals surface area (Å²) < 4.78 is 10.7. The van der Waals surface area contributed by atoms with Gasteiger partial charge in [-0.25, -0.2) is 4.79 Å². The maximum atomic E-state index is 12.2. The molecule has 0 amide bonds. The van der Waals surface area contributed by atoms with Gasteiger partial charge in [0.05, 0.1) is 11.7 Å². The molecule has 0 radical (unpaired) electrons. The second kappa shape index (κ2) is 6.94. The molecule has 0 aliphatic carbocycles. The summed E-state index contributed by atoms with van der Waals surface area (Å²) in [4.78, 5) is 12.2. The lowest BCUT2D eigenvalue weighted by atomic mass is 10.0. The molecule has 23 heavy (non-hydrogen) atoms. The summed E-state index contributed by atoms with van der Waals surface area (Å²) in [5, 5.41) is 9.78. The van der Waals surface area contributed by atoms with Gasteiger partial charge in [0.15, 0.2) is 12.4 Å². The molecular weight excluding hydrogens is 292 g/mol. The van der Waals surface area contributed by atoms with Crippen molar-refractivity contribution in [1.29, 1.82) is 0 Å². The van der Waals surface area contributed by atoms with Crippen LogP contribution in [0, 0.1) is 0 Å². The Kier molecular flexibility index (Phi) is 4.74. The number of rotatable bonds is 4. The smallest absolute Gasteiger partial charge is 0.338 e. The molecule has 3 atom stereocenters. The topological polar surface area (TPSA) is 55.8 Å². The van der Waals surface area contributed by atoms with Crippen LogP contribution in [0.3, 0.4) is 0 Å². The van der Waals surface area contributed by atoms with Crippen LogP contribution >= 0.6 is 0 Å². The predicted octanol–water partition coefficient (Wildman–Crippen LogP) is 3.40. The van der Waals surface area contributed by atoms with Crippen LogP contribution in [0.2, 0.25) is 0 Å². The van der Waals surface area contributed by atoms with Gasteiger partial charge < -0.3 is 14.6 Å². The summed E-state index contributed by atoms with van der Waals surface area (Å²) in [6.45, 7) is 1.98. The van der Waals surface area contributed by atoms with Crippen LogP contribution in [0.5, 0.6) is 0 Å². The Morgan fingerprint density at radius 3 is 2.39 bits per heavy atom. The maximum Gasteiger partial charge on any atom is 0.338 e. The van der Waals surface area contributed by atoms with E-state index in [0.717, 1.165) is 17.5 Å². The van der Waals surface area contributed by atoms with Crippen LogP contribution in [0.15, 0.2) is 54.6 Å². The number of carbonyl (C=O) groups is 1. The number of aliphatic hydroxyl groups is 1. The number of hydrogen-bond donors (Lipinski definition) is 1. The summed E-state index contributed by atoms with van der Waals surface area (Å²) in [6, 6.07) is 17.2. The van der Waals surface area contributed by atoms with E-state index in [4.69, 9.17) is 9.47 Å². The molecule has 1 fully saturated rings. The third-order valence-corrected chi connectivity index (χ3v) is 4.09. The van der Waals surface area contributed by atoms with Crippen LogP contribution < -0.4 is 0 Å². The monoisotopic (exact) mass is 312 g/mol. The molecule has 4 heteroatoms. The molecule has 1 saturated heterocycles. The standard InChI is InChI=1S/C19H20O4/c1-2-16-12-17(19(21)22-16)23-18(20)15-10-8-14(9-11-15)13-6-4-3-5-7-13/h3-11,16-17,19,21H,2,12H2,1H3/t16-,17?,19-/m1/s1. The van der Waals surface area contributed by atoms with Gasteiger partial charge in [0.2, 0.25) is 0 Å². The maximum absolute atomic E-state index is 12.2. The van der Waals surface area contributed by atoms with Gasteiger partial charge in [0.1, 0.15) is 0 Å². The Morgan fingerprint density at radius 2 is 1.78 bits per heavy atom. The fourth-order valence-electron chi connectivity index (χ4n) is 2.72. The molecule has 0 saturated carbocycles. The minimum absolute atomic E-state index is 0.0525. The average molecular weight is 312 g/mol. The molecule has 4 nitrogen and oxygen atoms in total. The van der Waals surface area contributed by atoms with Gasteiger partial charge in [-0.15, -0.1) is 0 Å². The van der Waals surface area contributed by atoms with Crippen LogP contribution in [-0.4, -0.2) is 29.6 Å². The third-order valence-electron chi connectivity index (χ3n) is 4.09. The molecule has 0 spiro atoms. The Morgan fingerprint density at radius 1 is 1.13 bits per heavy atom. The van der Waals surface area contributed by atoms with Crippen molar-refractivity contribution in [3.63, 3.8) is 0 Å². The molecule has 0 aromatic heterocycles. The lowest BCUT2D eigenvalue weighted by Gasteiger charge is -2.14. The zero-order valence-electron chi connectivity index (χ0n) is 13.0. The minimum Gasteiger partial charge on any atom is -0.453 e. The number of aliphatic hydroxyl groups excluding tert-OH is 1. The number of benzene rings is 2. The normalized spacial score (nSPS) is 23.7. The molecule has 1 unspecified atom stereocenters. The van der Waals surface area contributed by atoms with Crippen molar-refractivity contribution >= 4 is 5.97 Å². The van der Waals surface area contributed by atoms with Gasteiger partial charge in [-0.05, 0) is 29.7 Å². The van der Waals surface area contributed by atoms with E-state index in [9.17, 15) is 9.90 Å². The number of esters is 1. The summed E-state index contributed by atoms with van der Waals surface area (Å²) in [6.07, 6.45) is -0.362. The van der Waals surface area contributed by atoms with Crippen LogP contribution in [0.25, 0.3) is 11.1 Å². The van der Waals surface area contributed by atoms with E-state index in [2.05, 4.69) is 0 Å². The fourth-order valence-corrected chi connectivity index (χ4v) is 2.72. The number of hydrogen-bond acceptors (Lipinski definition) is 4. The van der Waals surface area contributed by atoms with Crippen molar-refractivity contribution in [2.24, 2.45) is 0 Å². The van der Waals surface area contributed by atoms with E-state index in [-0.39, 0.29) is 6.10 Å². The van der Waals surface area contributed by atoms with E-state index >= 15 is 0 Å². The molecular formula is C19H20O4. The van der Waals surface area contributed by atoms with Crippen molar-refractivity contribution < 1.29 is 19.4 Å². The summed E-state index contributed by atoms with van der Waals surface area (Å²) in [7, 11) is 0.